The summed E-state index contributed by atoms with van der Waals surface area (Å²) in [5.41, 5.74) is -0.819. The van der Waals surface area contributed by atoms with Gasteiger partial charge in [-0.05, 0) is 12.1 Å². The van der Waals surface area contributed by atoms with Crippen molar-refractivity contribution in [3.8, 4) is 5.75 Å². The molecule has 94 valence electrons. The molecule has 0 bridgehead atoms. The fourth-order valence-corrected chi connectivity index (χ4v) is 1.72. The number of fused-ring (bicyclic) bond motifs is 1. The first kappa shape index (κ1) is 12.1. The van der Waals surface area contributed by atoms with E-state index in [1.807, 2.05) is 13.8 Å². The van der Waals surface area contributed by atoms with Gasteiger partial charge in [0.25, 0.3) is 0 Å². The van der Waals surface area contributed by atoms with E-state index in [2.05, 4.69) is 5.32 Å². The van der Waals surface area contributed by atoms with Crippen molar-refractivity contribution in [3.63, 3.8) is 0 Å². The Kier molecular flexibility index (Phi) is 2.72. The van der Waals surface area contributed by atoms with Crippen molar-refractivity contribution in [2.75, 3.05) is 18.5 Å². The number of para-hydroxylation sites is 1. The van der Waals surface area contributed by atoms with Crippen molar-refractivity contribution in [2.45, 2.75) is 20.0 Å². The molecule has 0 atom stereocenters. The zero-order valence-electron chi connectivity index (χ0n) is 9.69. The molecule has 1 N–H and O–H groups in total. The number of anilines is 1. The van der Waals surface area contributed by atoms with Crippen LogP contribution in [0.1, 0.15) is 19.4 Å². The molecule has 0 aromatic heterocycles. The maximum absolute atomic E-state index is 12.8. The van der Waals surface area contributed by atoms with E-state index in [0.29, 0.717) is 13.2 Å². The number of hydrogen-bond donors (Lipinski definition) is 1. The number of rotatable bonds is 0. The van der Waals surface area contributed by atoms with Crippen LogP contribution in [-0.4, -0.2) is 13.2 Å². The van der Waals surface area contributed by atoms with Gasteiger partial charge in [0.1, 0.15) is 5.75 Å². The first-order valence-corrected chi connectivity index (χ1v) is 5.36. The predicted octanol–water partition coefficient (Wildman–Crippen LogP) is 3.54. The van der Waals surface area contributed by atoms with E-state index in [0.717, 1.165) is 6.07 Å². The van der Waals surface area contributed by atoms with E-state index in [1.165, 1.54) is 6.07 Å². The average Bonchev–Trinajstić information content (AvgIpc) is 2.36. The molecule has 0 spiro atoms. The molecule has 0 saturated heterocycles. The second-order valence-corrected chi connectivity index (χ2v) is 4.98. The minimum absolute atomic E-state index is 0.0468. The van der Waals surface area contributed by atoms with Crippen molar-refractivity contribution in [3.05, 3.63) is 23.8 Å². The Balaban J connectivity index is 2.43. The summed E-state index contributed by atoms with van der Waals surface area (Å²) >= 11 is 0. The van der Waals surface area contributed by atoms with E-state index < -0.39 is 11.7 Å². The lowest BCUT2D eigenvalue weighted by Crippen LogP contribution is -2.27. The second kappa shape index (κ2) is 3.82. The number of alkyl halides is 3. The fourth-order valence-electron chi connectivity index (χ4n) is 1.72. The third-order valence-electron chi connectivity index (χ3n) is 2.69. The molecular weight excluding hydrogens is 231 g/mol. The molecule has 0 fully saturated rings. The van der Waals surface area contributed by atoms with E-state index in [-0.39, 0.29) is 16.9 Å². The van der Waals surface area contributed by atoms with E-state index in [1.54, 1.807) is 6.07 Å². The van der Waals surface area contributed by atoms with E-state index in [4.69, 9.17) is 4.74 Å². The Morgan fingerprint density at radius 2 is 2.00 bits per heavy atom. The zero-order valence-corrected chi connectivity index (χ0v) is 9.69. The molecule has 5 heteroatoms. The molecule has 1 aromatic rings. The number of nitrogens with one attached hydrogen (secondary N) is 1. The van der Waals surface area contributed by atoms with Crippen LogP contribution in [0.15, 0.2) is 18.2 Å². The summed E-state index contributed by atoms with van der Waals surface area (Å²) in [6.45, 7) is 4.74. The van der Waals surface area contributed by atoms with Crippen molar-refractivity contribution >= 4 is 5.69 Å². The molecule has 1 aromatic carbocycles. The smallest absolute Gasteiger partial charge is 0.418 e. The van der Waals surface area contributed by atoms with Crippen molar-refractivity contribution in [1.82, 2.24) is 0 Å². The fraction of sp³-hybridized carbons (Fsp3) is 0.500. The second-order valence-electron chi connectivity index (χ2n) is 4.98. The van der Waals surface area contributed by atoms with Gasteiger partial charge in [-0.1, -0.05) is 19.9 Å². The van der Waals surface area contributed by atoms with Crippen LogP contribution in [0, 0.1) is 5.41 Å². The highest BCUT2D eigenvalue weighted by Gasteiger charge is 2.36. The quantitative estimate of drug-likeness (QED) is 0.754. The molecule has 1 aliphatic heterocycles. The lowest BCUT2D eigenvalue weighted by molar-refractivity contribution is -0.137. The molecule has 0 amide bonds. The molecule has 0 radical (unpaired) electrons. The van der Waals surface area contributed by atoms with Crippen LogP contribution in [0.25, 0.3) is 0 Å². The van der Waals surface area contributed by atoms with Crippen LogP contribution in [-0.2, 0) is 6.18 Å². The van der Waals surface area contributed by atoms with Gasteiger partial charge >= 0.3 is 6.18 Å². The van der Waals surface area contributed by atoms with Gasteiger partial charge in [0, 0.05) is 12.0 Å². The Hall–Kier alpha value is -1.39. The SMILES string of the molecule is CC1(C)CNc2c(cccc2C(F)(F)F)OC1. The molecule has 17 heavy (non-hydrogen) atoms. The van der Waals surface area contributed by atoms with E-state index >= 15 is 0 Å². The highest BCUT2D eigenvalue weighted by Crippen LogP contribution is 2.41. The topological polar surface area (TPSA) is 21.3 Å². The van der Waals surface area contributed by atoms with Gasteiger partial charge in [0.05, 0.1) is 17.9 Å². The van der Waals surface area contributed by atoms with Crippen LogP contribution in [0.5, 0.6) is 5.75 Å². The standard InChI is InChI=1S/C12H14F3NO/c1-11(2)6-16-10-8(12(13,14)15)4-3-5-9(10)17-7-11/h3-5,16H,6-7H2,1-2H3. The summed E-state index contributed by atoms with van der Waals surface area (Å²) in [6, 6.07) is 3.98. The molecule has 0 aliphatic carbocycles. The van der Waals surface area contributed by atoms with Crippen LogP contribution >= 0.6 is 0 Å². The van der Waals surface area contributed by atoms with Gasteiger partial charge in [-0.3, -0.25) is 0 Å². The Bertz CT molecular complexity index is 426. The number of hydrogen-bond acceptors (Lipinski definition) is 2. The first-order valence-electron chi connectivity index (χ1n) is 5.36. The third kappa shape index (κ3) is 2.48. The van der Waals surface area contributed by atoms with Crippen LogP contribution in [0.3, 0.4) is 0 Å². The highest BCUT2D eigenvalue weighted by atomic mass is 19.4. The molecule has 0 saturated carbocycles. The van der Waals surface area contributed by atoms with Gasteiger partial charge < -0.3 is 10.1 Å². The number of benzene rings is 1. The Morgan fingerprint density at radius 1 is 1.29 bits per heavy atom. The monoisotopic (exact) mass is 245 g/mol. The van der Waals surface area contributed by atoms with Gasteiger partial charge in [-0.15, -0.1) is 0 Å². The minimum atomic E-state index is -4.36. The molecule has 2 nitrogen and oxygen atoms in total. The van der Waals surface area contributed by atoms with Crippen LogP contribution < -0.4 is 10.1 Å². The lowest BCUT2D eigenvalue weighted by atomic mass is 9.95. The molecule has 1 heterocycles. The molecule has 0 unspecified atom stereocenters. The first-order chi connectivity index (χ1) is 7.80. The highest BCUT2D eigenvalue weighted by molar-refractivity contribution is 5.63. The van der Waals surface area contributed by atoms with Gasteiger partial charge in [0.15, 0.2) is 0 Å². The van der Waals surface area contributed by atoms with Crippen LogP contribution in [0.4, 0.5) is 18.9 Å². The summed E-state index contributed by atoms with van der Waals surface area (Å²) < 4.78 is 43.9. The third-order valence-corrected chi connectivity index (χ3v) is 2.69. The summed E-state index contributed by atoms with van der Waals surface area (Å²) in [4.78, 5) is 0. The van der Waals surface area contributed by atoms with Gasteiger partial charge in [-0.2, -0.15) is 13.2 Å². The molecular formula is C12H14F3NO. The van der Waals surface area contributed by atoms with Crippen molar-refractivity contribution < 1.29 is 17.9 Å². The summed E-state index contributed by atoms with van der Waals surface area (Å²) in [6.07, 6.45) is -4.36. The number of ether oxygens (including phenoxy) is 1. The molecule has 1 aliphatic rings. The lowest BCUT2D eigenvalue weighted by Gasteiger charge is -2.21. The van der Waals surface area contributed by atoms with Crippen molar-refractivity contribution in [2.24, 2.45) is 5.41 Å². The van der Waals surface area contributed by atoms with Gasteiger partial charge in [-0.25, -0.2) is 0 Å². The minimum Gasteiger partial charge on any atom is -0.491 e. The summed E-state index contributed by atoms with van der Waals surface area (Å²) in [5, 5.41) is 2.85. The van der Waals surface area contributed by atoms with Crippen molar-refractivity contribution in [1.29, 1.82) is 0 Å². The number of halogens is 3. The zero-order chi connectivity index (χ0) is 12.7. The maximum atomic E-state index is 12.8. The summed E-state index contributed by atoms with van der Waals surface area (Å²) in [7, 11) is 0. The maximum Gasteiger partial charge on any atom is 0.418 e. The Morgan fingerprint density at radius 3 is 2.65 bits per heavy atom. The van der Waals surface area contributed by atoms with E-state index in [9.17, 15) is 13.2 Å². The average molecular weight is 245 g/mol. The van der Waals surface area contributed by atoms with Gasteiger partial charge in [0.2, 0.25) is 0 Å². The normalized spacial score (nSPS) is 18.6. The molecule has 2 rings (SSSR count). The predicted molar refractivity (Wildman–Crippen MR) is 59.2 cm³/mol. The van der Waals surface area contributed by atoms with Crippen LogP contribution in [0.2, 0.25) is 0 Å². The Labute approximate surface area is 97.8 Å². The largest absolute Gasteiger partial charge is 0.491 e. The summed E-state index contributed by atoms with van der Waals surface area (Å²) in [5.74, 6) is 0.269.